The largest absolute Gasteiger partial charge is 0.497 e. The number of likely N-dealkylation sites (tertiary alicyclic amines) is 1. The monoisotopic (exact) mass is 537 g/mol. The summed E-state index contributed by atoms with van der Waals surface area (Å²) >= 11 is 1.66. The summed E-state index contributed by atoms with van der Waals surface area (Å²) in [5.41, 5.74) is 1.33. The third-order valence-corrected chi connectivity index (χ3v) is 10.2. The Hall–Kier alpha value is -3.04. The van der Waals surface area contributed by atoms with Crippen LogP contribution >= 0.6 is 11.8 Å². The molecule has 9 heteroatoms. The van der Waals surface area contributed by atoms with E-state index in [9.17, 15) is 19.5 Å². The summed E-state index contributed by atoms with van der Waals surface area (Å²) in [6.07, 6.45) is 3.55. The minimum Gasteiger partial charge on any atom is -0.497 e. The lowest BCUT2D eigenvalue weighted by atomic mass is 9.66. The number of aliphatic hydroxyl groups is 1. The van der Waals surface area contributed by atoms with E-state index in [1.165, 1.54) is 0 Å². The second-order valence-corrected chi connectivity index (χ2v) is 12.5. The van der Waals surface area contributed by atoms with Gasteiger partial charge in [-0.15, -0.1) is 11.8 Å². The number of ether oxygens (including phenoxy) is 1. The van der Waals surface area contributed by atoms with Crippen LogP contribution in [-0.2, 0) is 14.4 Å². The fraction of sp³-hybridized carbons (Fsp3) is 0.483. The molecule has 5 rings (SSSR count). The first-order valence-electron chi connectivity index (χ1n) is 13.3. The van der Waals surface area contributed by atoms with Gasteiger partial charge in [0.1, 0.15) is 11.8 Å². The molecule has 0 aromatic heterocycles. The first kappa shape index (κ1) is 26.6. The minimum absolute atomic E-state index is 0.0951. The molecule has 1 spiro atoms. The number of carbonyl (C=O) groups excluding carboxylic acids is 3. The van der Waals surface area contributed by atoms with Gasteiger partial charge >= 0.3 is 0 Å². The molecule has 3 heterocycles. The van der Waals surface area contributed by atoms with Gasteiger partial charge in [-0.1, -0.05) is 18.2 Å². The van der Waals surface area contributed by atoms with E-state index < -0.39 is 27.4 Å². The number of fused-ring (bicyclic) bond motifs is 1. The van der Waals surface area contributed by atoms with Gasteiger partial charge in [0.2, 0.25) is 17.7 Å². The number of benzene rings is 2. The third kappa shape index (κ3) is 4.56. The Balaban J connectivity index is 1.45. The lowest BCUT2D eigenvalue weighted by molar-refractivity contribution is -0.139. The molecule has 3 saturated heterocycles. The number of amides is 3. The van der Waals surface area contributed by atoms with Crippen LogP contribution in [-0.4, -0.2) is 63.5 Å². The molecule has 0 radical (unpaired) electrons. The van der Waals surface area contributed by atoms with Gasteiger partial charge in [0, 0.05) is 29.3 Å². The number of nitrogens with one attached hydrogen (secondary N) is 2. The Morgan fingerprint density at radius 1 is 1.00 bits per heavy atom. The van der Waals surface area contributed by atoms with Crippen molar-refractivity contribution >= 4 is 40.9 Å². The quantitative estimate of drug-likeness (QED) is 0.397. The maximum Gasteiger partial charge on any atom is 0.248 e. The van der Waals surface area contributed by atoms with E-state index in [1.807, 2.05) is 30.3 Å². The zero-order chi connectivity index (χ0) is 26.9. The number of rotatable bonds is 10. The van der Waals surface area contributed by atoms with Crippen molar-refractivity contribution < 1.29 is 24.2 Å². The molecule has 38 heavy (non-hydrogen) atoms. The van der Waals surface area contributed by atoms with E-state index >= 15 is 0 Å². The molecule has 8 nitrogen and oxygen atoms in total. The van der Waals surface area contributed by atoms with Crippen LogP contribution in [0.25, 0.3) is 0 Å². The molecule has 3 aliphatic rings. The van der Waals surface area contributed by atoms with Gasteiger partial charge in [-0.2, -0.15) is 0 Å². The van der Waals surface area contributed by atoms with Gasteiger partial charge in [0.25, 0.3) is 0 Å². The van der Waals surface area contributed by atoms with Crippen LogP contribution in [0.4, 0.5) is 11.4 Å². The summed E-state index contributed by atoms with van der Waals surface area (Å²) in [5, 5.41) is 15.3. The summed E-state index contributed by atoms with van der Waals surface area (Å²) in [6, 6.07) is 15.7. The van der Waals surface area contributed by atoms with Crippen LogP contribution in [0, 0.1) is 11.8 Å². The molecule has 3 amide bonds. The molecular formula is C29H35N3O5S. The van der Waals surface area contributed by atoms with Crippen molar-refractivity contribution in [2.45, 2.75) is 54.6 Å². The molecular weight excluding hydrogens is 502 g/mol. The maximum atomic E-state index is 14.1. The average Bonchev–Trinajstić information content (AvgIpc) is 3.48. The Morgan fingerprint density at radius 2 is 1.68 bits per heavy atom. The van der Waals surface area contributed by atoms with Gasteiger partial charge in [0.15, 0.2) is 0 Å². The van der Waals surface area contributed by atoms with Crippen LogP contribution in [0.1, 0.15) is 39.0 Å². The Bertz CT molecular complexity index is 1190. The van der Waals surface area contributed by atoms with Crippen molar-refractivity contribution in [2.75, 3.05) is 30.9 Å². The Labute approximate surface area is 227 Å². The zero-order valence-electron chi connectivity index (χ0n) is 21.8. The first-order chi connectivity index (χ1) is 18.3. The number of para-hydroxylation sites is 1. The van der Waals surface area contributed by atoms with Gasteiger partial charge < -0.3 is 25.4 Å². The molecule has 202 valence electrons. The lowest BCUT2D eigenvalue weighted by Crippen LogP contribution is -2.51. The third-order valence-electron chi connectivity index (χ3n) is 8.26. The fourth-order valence-corrected chi connectivity index (χ4v) is 8.92. The number of unbranched alkanes of at least 4 members (excludes halogenated alkanes) is 2. The normalized spacial score (nSPS) is 29.3. The van der Waals surface area contributed by atoms with Crippen molar-refractivity contribution in [1.29, 1.82) is 0 Å². The van der Waals surface area contributed by atoms with Crippen molar-refractivity contribution in [1.82, 2.24) is 4.90 Å². The molecule has 3 aliphatic heterocycles. The summed E-state index contributed by atoms with van der Waals surface area (Å²) in [6.45, 7) is 2.58. The predicted molar refractivity (Wildman–Crippen MR) is 148 cm³/mol. The standard InChI is InChI=1S/C29H35N3O5S/c1-28-15-16-29(38-28)23(22(28)25(34)30-19-9-5-3-6-10-19)27(36)32(17-7-4-8-18-33)24(29)26(35)31-20-11-13-21(37-2)14-12-20/h3,5-6,9-14,22-24,33H,4,7-8,15-18H2,1-2H3,(H,30,34)(H,31,35)/t22-,23-,24?,28+,29?/m0/s1. The van der Waals surface area contributed by atoms with Gasteiger partial charge in [-0.3, -0.25) is 14.4 Å². The lowest BCUT2D eigenvalue weighted by Gasteiger charge is -2.34. The van der Waals surface area contributed by atoms with Crippen molar-refractivity contribution in [3.05, 3.63) is 54.6 Å². The second-order valence-electron chi connectivity index (χ2n) is 10.6. The Morgan fingerprint density at radius 3 is 2.37 bits per heavy atom. The number of hydrogen-bond donors (Lipinski definition) is 3. The maximum absolute atomic E-state index is 14.1. The SMILES string of the molecule is COc1ccc(NC(=O)C2N(CCCCCO)C(=O)[C@@H]3[C@@H](C(=O)Nc4ccccc4)[C@@]4(C)CCC23S4)cc1. The van der Waals surface area contributed by atoms with Crippen LogP contribution in [0.3, 0.4) is 0 Å². The van der Waals surface area contributed by atoms with Crippen molar-refractivity contribution in [3.8, 4) is 5.75 Å². The fourth-order valence-electron chi connectivity index (χ4n) is 6.56. The molecule has 2 unspecified atom stereocenters. The number of thioether (sulfide) groups is 1. The number of carbonyl (C=O) groups is 3. The highest BCUT2D eigenvalue weighted by Crippen LogP contribution is 2.71. The zero-order valence-corrected chi connectivity index (χ0v) is 22.6. The number of nitrogens with zero attached hydrogens (tertiary/aromatic N) is 1. The van der Waals surface area contributed by atoms with Gasteiger partial charge in [-0.25, -0.2) is 0 Å². The Kier molecular flexibility index (Phi) is 7.42. The molecule has 0 saturated carbocycles. The number of hydrogen-bond acceptors (Lipinski definition) is 6. The average molecular weight is 538 g/mol. The molecule has 2 bridgehead atoms. The summed E-state index contributed by atoms with van der Waals surface area (Å²) in [7, 11) is 1.59. The highest BCUT2D eigenvalue weighted by molar-refractivity contribution is 8.02. The molecule has 2 aromatic rings. The van der Waals surface area contributed by atoms with E-state index in [0.29, 0.717) is 42.9 Å². The predicted octanol–water partition coefficient (Wildman–Crippen LogP) is 3.92. The highest BCUT2D eigenvalue weighted by Gasteiger charge is 2.77. The van der Waals surface area contributed by atoms with E-state index in [4.69, 9.17) is 4.74 Å². The summed E-state index contributed by atoms with van der Waals surface area (Å²) in [4.78, 5) is 43.4. The van der Waals surface area contributed by atoms with Gasteiger partial charge in [-0.05, 0) is 75.4 Å². The van der Waals surface area contributed by atoms with E-state index in [2.05, 4.69) is 17.6 Å². The van der Waals surface area contributed by atoms with Crippen molar-refractivity contribution in [2.24, 2.45) is 11.8 Å². The van der Waals surface area contributed by atoms with E-state index in [1.54, 1.807) is 48.0 Å². The first-order valence-corrected chi connectivity index (χ1v) is 14.1. The highest BCUT2D eigenvalue weighted by atomic mass is 32.2. The van der Waals surface area contributed by atoms with E-state index in [-0.39, 0.29) is 24.3 Å². The second kappa shape index (κ2) is 10.6. The van der Waals surface area contributed by atoms with Crippen LogP contribution in [0.15, 0.2) is 54.6 Å². The summed E-state index contributed by atoms with van der Waals surface area (Å²) < 4.78 is 4.13. The van der Waals surface area contributed by atoms with Gasteiger partial charge in [0.05, 0.1) is 23.7 Å². The van der Waals surface area contributed by atoms with Crippen LogP contribution in [0.2, 0.25) is 0 Å². The summed E-state index contributed by atoms with van der Waals surface area (Å²) in [5.74, 6) is -0.926. The molecule has 2 aromatic carbocycles. The minimum atomic E-state index is -0.683. The van der Waals surface area contributed by atoms with Crippen LogP contribution in [0.5, 0.6) is 5.75 Å². The number of methoxy groups -OCH3 is 1. The van der Waals surface area contributed by atoms with E-state index in [0.717, 1.165) is 12.8 Å². The molecule has 3 fully saturated rings. The molecule has 3 N–H and O–H groups in total. The van der Waals surface area contributed by atoms with Crippen LogP contribution < -0.4 is 15.4 Å². The molecule has 5 atom stereocenters. The van der Waals surface area contributed by atoms with Crippen molar-refractivity contribution in [3.63, 3.8) is 0 Å². The number of aliphatic hydroxyl groups excluding tert-OH is 1. The molecule has 0 aliphatic carbocycles. The topological polar surface area (TPSA) is 108 Å². The number of anilines is 2. The smallest absolute Gasteiger partial charge is 0.248 e.